The molecule has 6 heteroatoms. The van der Waals surface area contributed by atoms with Crippen LogP contribution in [0.4, 0.5) is 4.79 Å². The third-order valence-corrected chi connectivity index (χ3v) is 4.92. The maximum atomic E-state index is 11.7. The number of amides is 1. The van der Waals surface area contributed by atoms with Crippen LogP contribution in [0, 0.1) is 0 Å². The Bertz CT molecular complexity index is 728. The quantitative estimate of drug-likeness (QED) is 0.757. The highest BCUT2D eigenvalue weighted by Gasteiger charge is 2.26. The molecule has 6 nitrogen and oxygen atoms in total. The molecule has 2 aromatic carbocycles. The van der Waals surface area contributed by atoms with Crippen LogP contribution in [0.25, 0.3) is 11.1 Å². The first kappa shape index (κ1) is 20.2. The molecular formula is C22H29N2O4+. The first-order chi connectivity index (χ1) is 13.7. The maximum absolute atomic E-state index is 11.7. The van der Waals surface area contributed by atoms with Crippen molar-refractivity contribution in [2.45, 2.75) is 13.0 Å². The lowest BCUT2D eigenvalue weighted by Crippen LogP contribution is -3.16. The van der Waals surface area contributed by atoms with Crippen LogP contribution in [0.1, 0.15) is 6.92 Å². The van der Waals surface area contributed by atoms with Gasteiger partial charge in [-0.05, 0) is 30.2 Å². The van der Waals surface area contributed by atoms with Gasteiger partial charge in [-0.15, -0.1) is 0 Å². The lowest BCUT2D eigenvalue weighted by Gasteiger charge is -2.32. The molecule has 0 spiro atoms. The largest absolute Gasteiger partial charge is 0.491 e. The van der Waals surface area contributed by atoms with Crippen molar-refractivity contribution in [3.05, 3.63) is 54.6 Å². The number of piperazine rings is 1. The van der Waals surface area contributed by atoms with Crippen LogP contribution in [-0.2, 0) is 4.74 Å². The summed E-state index contributed by atoms with van der Waals surface area (Å²) < 4.78 is 10.8. The van der Waals surface area contributed by atoms with Gasteiger partial charge in [0.25, 0.3) is 0 Å². The van der Waals surface area contributed by atoms with E-state index in [1.807, 2.05) is 49.4 Å². The van der Waals surface area contributed by atoms with E-state index in [-0.39, 0.29) is 12.7 Å². The van der Waals surface area contributed by atoms with Crippen molar-refractivity contribution in [1.29, 1.82) is 0 Å². The summed E-state index contributed by atoms with van der Waals surface area (Å²) in [5.74, 6) is 0.751. The minimum absolute atomic E-state index is 0.246. The van der Waals surface area contributed by atoms with E-state index in [0.29, 0.717) is 26.2 Å². The topological polar surface area (TPSA) is 63.4 Å². The molecule has 3 rings (SSSR count). The van der Waals surface area contributed by atoms with Crippen LogP contribution in [0.2, 0.25) is 0 Å². The number of nitrogens with one attached hydrogen (secondary N) is 1. The molecule has 0 aliphatic carbocycles. The number of rotatable bonds is 7. The van der Waals surface area contributed by atoms with E-state index < -0.39 is 6.10 Å². The predicted molar refractivity (Wildman–Crippen MR) is 108 cm³/mol. The first-order valence-electron chi connectivity index (χ1n) is 9.87. The lowest BCUT2D eigenvalue weighted by atomic mass is 10.1. The molecule has 1 heterocycles. The summed E-state index contributed by atoms with van der Waals surface area (Å²) in [5, 5.41) is 10.3. The fourth-order valence-electron chi connectivity index (χ4n) is 3.38. The van der Waals surface area contributed by atoms with Crippen LogP contribution in [0.5, 0.6) is 5.75 Å². The number of ether oxygens (including phenoxy) is 2. The molecule has 150 valence electrons. The Balaban J connectivity index is 1.40. The third kappa shape index (κ3) is 5.71. The van der Waals surface area contributed by atoms with Crippen molar-refractivity contribution in [1.82, 2.24) is 4.90 Å². The Kier molecular flexibility index (Phi) is 7.28. The summed E-state index contributed by atoms with van der Waals surface area (Å²) in [6, 6.07) is 18.1. The molecule has 0 radical (unpaired) electrons. The molecule has 0 saturated carbocycles. The van der Waals surface area contributed by atoms with Gasteiger partial charge in [-0.1, -0.05) is 42.5 Å². The zero-order valence-corrected chi connectivity index (χ0v) is 16.3. The van der Waals surface area contributed by atoms with E-state index in [1.165, 1.54) is 10.5 Å². The van der Waals surface area contributed by atoms with Crippen LogP contribution in [0.3, 0.4) is 0 Å². The van der Waals surface area contributed by atoms with Crippen molar-refractivity contribution in [2.24, 2.45) is 0 Å². The Morgan fingerprint density at radius 2 is 1.71 bits per heavy atom. The molecule has 1 aliphatic heterocycles. The van der Waals surface area contributed by atoms with E-state index in [9.17, 15) is 9.90 Å². The number of hydrogen-bond acceptors (Lipinski definition) is 4. The second kappa shape index (κ2) is 10.1. The molecule has 1 atom stereocenters. The normalized spacial score (nSPS) is 15.9. The molecule has 28 heavy (non-hydrogen) atoms. The number of carbonyl (C=O) groups is 1. The fourth-order valence-corrected chi connectivity index (χ4v) is 3.38. The fraction of sp³-hybridized carbons (Fsp3) is 0.409. The Labute approximate surface area is 166 Å². The zero-order valence-electron chi connectivity index (χ0n) is 16.3. The number of quaternary nitrogens is 1. The van der Waals surface area contributed by atoms with Crippen molar-refractivity contribution in [2.75, 3.05) is 45.9 Å². The second-order valence-electron chi connectivity index (χ2n) is 7.00. The van der Waals surface area contributed by atoms with Gasteiger partial charge in [-0.3, -0.25) is 4.90 Å². The van der Waals surface area contributed by atoms with Gasteiger partial charge < -0.3 is 19.5 Å². The number of hydrogen-bond donors (Lipinski definition) is 2. The SMILES string of the molecule is CCOC(=O)N1CC[NH+](C[C@H](O)COc2ccc(-c3ccccc3)cc2)CC1. The van der Waals surface area contributed by atoms with Crippen LogP contribution >= 0.6 is 0 Å². The maximum Gasteiger partial charge on any atom is 0.410 e. The van der Waals surface area contributed by atoms with Crippen molar-refractivity contribution in [3.8, 4) is 16.9 Å². The van der Waals surface area contributed by atoms with Crippen molar-refractivity contribution < 1.29 is 24.3 Å². The van der Waals surface area contributed by atoms with Crippen LogP contribution in [-0.4, -0.2) is 68.1 Å². The summed E-state index contributed by atoms with van der Waals surface area (Å²) >= 11 is 0. The molecule has 0 bridgehead atoms. The molecule has 1 fully saturated rings. The van der Waals surface area contributed by atoms with Crippen LogP contribution < -0.4 is 9.64 Å². The highest BCUT2D eigenvalue weighted by atomic mass is 16.6. The molecular weight excluding hydrogens is 356 g/mol. The van der Waals surface area contributed by atoms with Crippen LogP contribution in [0.15, 0.2) is 54.6 Å². The molecule has 0 unspecified atom stereocenters. The average molecular weight is 385 g/mol. The van der Waals surface area contributed by atoms with Crippen molar-refractivity contribution >= 4 is 6.09 Å². The van der Waals surface area contributed by atoms with E-state index in [0.717, 1.165) is 24.4 Å². The minimum Gasteiger partial charge on any atom is -0.491 e. The van der Waals surface area contributed by atoms with Gasteiger partial charge in [-0.2, -0.15) is 0 Å². The van der Waals surface area contributed by atoms with Gasteiger partial charge in [0.05, 0.1) is 32.8 Å². The predicted octanol–water partition coefficient (Wildman–Crippen LogP) is 1.45. The number of aliphatic hydroxyl groups is 1. The van der Waals surface area contributed by atoms with Gasteiger partial charge in [0.15, 0.2) is 0 Å². The number of carbonyl (C=O) groups excluding carboxylic acids is 1. The van der Waals surface area contributed by atoms with Gasteiger partial charge in [0, 0.05) is 0 Å². The molecule has 2 N–H and O–H groups in total. The van der Waals surface area contributed by atoms with Gasteiger partial charge in [0.2, 0.25) is 0 Å². The highest BCUT2D eigenvalue weighted by Crippen LogP contribution is 2.22. The van der Waals surface area contributed by atoms with E-state index in [1.54, 1.807) is 4.90 Å². The van der Waals surface area contributed by atoms with Gasteiger partial charge in [0.1, 0.15) is 25.0 Å². The minimum atomic E-state index is -0.544. The summed E-state index contributed by atoms with van der Waals surface area (Å²) in [5.41, 5.74) is 2.30. The van der Waals surface area contributed by atoms with E-state index >= 15 is 0 Å². The first-order valence-corrected chi connectivity index (χ1v) is 9.87. The molecule has 2 aromatic rings. The number of nitrogens with zero attached hydrogens (tertiary/aromatic N) is 1. The summed E-state index contributed by atoms with van der Waals surface area (Å²) in [6.07, 6.45) is -0.790. The van der Waals surface area contributed by atoms with Gasteiger partial charge in [-0.25, -0.2) is 4.79 Å². The van der Waals surface area contributed by atoms with E-state index in [4.69, 9.17) is 9.47 Å². The lowest BCUT2D eigenvalue weighted by molar-refractivity contribution is -0.907. The Morgan fingerprint density at radius 1 is 1.07 bits per heavy atom. The number of benzene rings is 2. The Hall–Kier alpha value is -2.57. The summed E-state index contributed by atoms with van der Waals surface area (Å²) in [4.78, 5) is 14.7. The second-order valence-corrected chi connectivity index (χ2v) is 7.00. The third-order valence-electron chi connectivity index (χ3n) is 4.92. The highest BCUT2D eigenvalue weighted by molar-refractivity contribution is 5.67. The summed E-state index contributed by atoms with van der Waals surface area (Å²) in [7, 11) is 0. The smallest absolute Gasteiger partial charge is 0.410 e. The summed E-state index contributed by atoms with van der Waals surface area (Å²) in [6.45, 7) is 6.00. The van der Waals surface area contributed by atoms with E-state index in [2.05, 4.69) is 12.1 Å². The molecule has 1 amide bonds. The molecule has 1 saturated heterocycles. The Morgan fingerprint density at radius 3 is 2.36 bits per heavy atom. The molecule has 0 aromatic heterocycles. The number of aliphatic hydroxyl groups excluding tert-OH is 1. The monoisotopic (exact) mass is 385 g/mol. The van der Waals surface area contributed by atoms with Gasteiger partial charge >= 0.3 is 6.09 Å². The van der Waals surface area contributed by atoms with Crippen molar-refractivity contribution in [3.63, 3.8) is 0 Å². The molecule has 1 aliphatic rings. The standard InChI is InChI=1S/C22H28N2O4/c1-2-27-22(26)24-14-12-23(13-15-24)16-20(25)17-28-21-10-8-19(9-11-21)18-6-4-3-5-7-18/h3-11,20,25H,2,12-17H2,1H3/p+1/t20-/m0/s1. The average Bonchev–Trinajstić information content (AvgIpc) is 2.74. The zero-order chi connectivity index (χ0) is 19.8.